The Labute approximate surface area is 132 Å². The summed E-state index contributed by atoms with van der Waals surface area (Å²) in [7, 11) is 0. The molecule has 0 bridgehead atoms. The molecule has 0 saturated carbocycles. The molecule has 0 aromatic carbocycles. The van der Waals surface area contributed by atoms with Crippen molar-refractivity contribution in [3.05, 3.63) is 24.2 Å². The Balaban J connectivity index is 2.51. The van der Waals surface area contributed by atoms with Crippen LogP contribution < -0.4 is 16.0 Å². The molecule has 1 heterocycles. The summed E-state index contributed by atoms with van der Waals surface area (Å²) in [6.45, 7) is 10.3. The number of rotatable bonds is 8. The normalized spacial score (nSPS) is 12.1. The lowest BCUT2D eigenvalue weighted by Gasteiger charge is -2.22. The number of carbonyl (C=O) groups excluding carboxylic acids is 1. The molecule has 0 radical (unpaired) electrons. The summed E-state index contributed by atoms with van der Waals surface area (Å²) in [5.74, 6) is 1.67. The lowest BCUT2D eigenvalue weighted by molar-refractivity contribution is -0.128. The third-order valence-corrected chi connectivity index (χ3v) is 3.17. The van der Waals surface area contributed by atoms with Crippen molar-refractivity contribution in [3.63, 3.8) is 0 Å². The number of nitrogens with zero attached hydrogens (tertiary/aromatic N) is 1. The number of hydrogen-bond donors (Lipinski definition) is 3. The van der Waals surface area contributed by atoms with Crippen LogP contribution >= 0.6 is 0 Å². The zero-order chi connectivity index (χ0) is 16.4. The highest BCUT2D eigenvalue weighted by Gasteiger charge is 2.26. The van der Waals surface area contributed by atoms with Crippen molar-refractivity contribution >= 4 is 11.9 Å². The second kappa shape index (κ2) is 9.12. The number of guanidine groups is 1. The highest BCUT2D eigenvalue weighted by Crippen LogP contribution is 2.15. The van der Waals surface area contributed by atoms with Gasteiger partial charge in [-0.2, -0.15) is 0 Å². The van der Waals surface area contributed by atoms with Gasteiger partial charge >= 0.3 is 0 Å². The van der Waals surface area contributed by atoms with Crippen LogP contribution in [-0.2, 0) is 11.2 Å². The van der Waals surface area contributed by atoms with Gasteiger partial charge in [-0.05, 0) is 39.8 Å². The molecule has 0 aliphatic rings. The third kappa shape index (κ3) is 6.20. The van der Waals surface area contributed by atoms with Crippen LogP contribution in [0.25, 0.3) is 0 Å². The summed E-state index contributed by atoms with van der Waals surface area (Å²) in [6, 6.07) is 3.83. The fraction of sp³-hybridized carbons (Fsp3) is 0.625. The van der Waals surface area contributed by atoms with Crippen molar-refractivity contribution in [1.29, 1.82) is 0 Å². The molecule has 22 heavy (non-hydrogen) atoms. The van der Waals surface area contributed by atoms with Crippen molar-refractivity contribution < 1.29 is 9.21 Å². The average Bonchev–Trinajstić information content (AvgIpc) is 2.98. The lowest BCUT2D eigenvalue weighted by atomic mass is 9.92. The summed E-state index contributed by atoms with van der Waals surface area (Å²) in [5.41, 5.74) is -0.528. The highest BCUT2D eigenvalue weighted by molar-refractivity contribution is 5.83. The number of carbonyl (C=O) groups is 1. The maximum absolute atomic E-state index is 12.0. The quantitative estimate of drug-likeness (QED) is 0.503. The maximum Gasteiger partial charge on any atom is 0.227 e. The van der Waals surface area contributed by atoms with E-state index in [-0.39, 0.29) is 5.91 Å². The predicted octanol–water partition coefficient (Wildman–Crippen LogP) is 1.54. The van der Waals surface area contributed by atoms with Crippen LogP contribution in [0.15, 0.2) is 27.8 Å². The van der Waals surface area contributed by atoms with E-state index in [2.05, 4.69) is 20.9 Å². The summed E-state index contributed by atoms with van der Waals surface area (Å²) in [6.07, 6.45) is 2.46. The van der Waals surface area contributed by atoms with Gasteiger partial charge in [0.05, 0.1) is 18.2 Å². The van der Waals surface area contributed by atoms with Gasteiger partial charge in [0.1, 0.15) is 5.76 Å². The molecular weight excluding hydrogens is 280 g/mol. The van der Waals surface area contributed by atoms with Gasteiger partial charge in [-0.3, -0.25) is 9.79 Å². The number of nitrogens with one attached hydrogen (secondary N) is 3. The smallest absolute Gasteiger partial charge is 0.227 e. The minimum absolute atomic E-state index is 0.0187. The largest absolute Gasteiger partial charge is 0.469 e. The predicted molar refractivity (Wildman–Crippen MR) is 88.9 cm³/mol. The monoisotopic (exact) mass is 308 g/mol. The van der Waals surface area contributed by atoms with E-state index in [0.29, 0.717) is 19.0 Å². The second-order valence-electron chi connectivity index (χ2n) is 5.69. The van der Waals surface area contributed by atoms with E-state index in [9.17, 15) is 4.79 Å². The summed E-state index contributed by atoms with van der Waals surface area (Å²) >= 11 is 0. The molecule has 0 aliphatic heterocycles. The van der Waals surface area contributed by atoms with Gasteiger partial charge in [-0.1, -0.05) is 0 Å². The van der Waals surface area contributed by atoms with Crippen LogP contribution in [0.1, 0.15) is 33.5 Å². The number of aliphatic imine (C=N–C) groups is 1. The molecule has 0 saturated heterocycles. The Morgan fingerprint density at radius 1 is 1.23 bits per heavy atom. The van der Waals surface area contributed by atoms with E-state index in [1.165, 1.54) is 0 Å². The lowest BCUT2D eigenvalue weighted by Crippen LogP contribution is -2.42. The van der Waals surface area contributed by atoms with Crippen LogP contribution in [0.5, 0.6) is 0 Å². The molecule has 6 heteroatoms. The van der Waals surface area contributed by atoms with Gasteiger partial charge in [0.25, 0.3) is 0 Å². The molecule has 0 aliphatic carbocycles. The third-order valence-electron chi connectivity index (χ3n) is 3.17. The molecule has 1 amide bonds. The Morgan fingerprint density at radius 3 is 2.55 bits per heavy atom. The minimum Gasteiger partial charge on any atom is -0.469 e. The Morgan fingerprint density at radius 2 is 1.95 bits per heavy atom. The molecule has 0 unspecified atom stereocenters. The number of furan rings is 1. The fourth-order valence-electron chi connectivity index (χ4n) is 1.85. The fourth-order valence-corrected chi connectivity index (χ4v) is 1.85. The Kier molecular flexibility index (Phi) is 7.49. The summed E-state index contributed by atoms with van der Waals surface area (Å²) in [4.78, 5) is 16.5. The van der Waals surface area contributed by atoms with Crippen molar-refractivity contribution in [3.8, 4) is 0 Å². The van der Waals surface area contributed by atoms with Crippen LogP contribution in [0, 0.1) is 5.41 Å². The number of hydrogen-bond acceptors (Lipinski definition) is 3. The molecule has 124 valence electrons. The average molecular weight is 308 g/mol. The van der Waals surface area contributed by atoms with Crippen molar-refractivity contribution in [1.82, 2.24) is 16.0 Å². The molecule has 1 rings (SSSR count). The van der Waals surface area contributed by atoms with Gasteiger partial charge in [-0.15, -0.1) is 0 Å². The Hall–Kier alpha value is -1.98. The van der Waals surface area contributed by atoms with E-state index < -0.39 is 5.41 Å². The summed E-state index contributed by atoms with van der Waals surface area (Å²) < 4.78 is 5.29. The number of amides is 1. The van der Waals surface area contributed by atoms with Crippen molar-refractivity contribution in [2.75, 3.05) is 26.2 Å². The second-order valence-corrected chi connectivity index (χ2v) is 5.69. The zero-order valence-corrected chi connectivity index (χ0v) is 14.0. The molecule has 1 aromatic rings. The van der Waals surface area contributed by atoms with Crippen molar-refractivity contribution in [2.24, 2.45) is 10.4 Å². The zero-order valence-electron chi connectivity index (χ0n) is 14.0. The van der Waals surface area contributed by atoms with Crippen LogP contribution in [0.4, 0.5) is 0 Å². The van der Waals surface area contributed by atoms with E-state index in [1.807, 2.05) is 39.8 Å². The van der Waals surface area contributed by atoms with Crippen LogP contribution in [0.3, 0.4) is 0 Å². The topological polar surface area (TPSA) is 78.7 Å². The molecule has 0 fully saturated rings. The SMILES string of the molecule is CCNC(=O)C(C)(C)CN=C(NCC)NCCc1ccco1. The molecule has 0 spiro atoms. The van der Waals surface area contributed by atoms with Gasteiger partial charge < -0.3 is 20.4 Å². The standard InChI is InChI=1S/C16H28N4O2/c1-5-17-14(21)16(3,4)12-20-15(18-6-2)19-10-9-13-8-7-11-22-13/h7-8,11H,5-6,9-10,12H2,1-4H3,(H,17,21)(H2,18,19,20). The van der Waals surface area contributed by atoms with Crippen molar-refractivity contribution in [2.45, 2.75) is 34.1 Å². The highest BCUT2D eigenvalue weighted by atomic mass is 16.3. The Bertz CT molecular complexity index is 467. The first kappa shape index (κ1) is 18.1. The van der Waals surface area contributed by atoms with E-state index in [1.54, 1.807) is 6.26 Å². The molecular formula is C16H28N4O2. The van der Waals surface area contributed by atoms with Gasteiger partial charge in [0.2, 0.25) is 5.91 Å². The molecule has 6 nitrogen and oxygen atoms in total. The first-order chi connectivity index (χ1) is 10.5. The van der Waals surface area contributed by atoms with Gasteiger partial charge in [0.15, 0.2) is 5.96 Å². The van der Waals surface area contributed by atoms with Gasteiger partial charge in [0, 0.05) is 26.1 Å². The molecule has 3 N–H and O–H groups in total. The maximum atomic E-state index is 12.0. The van der Waals surface area contributed by atoms with E-state index in [0.717, 1.165) is 25.3 Å². The van der Waals surface area contributed by atoms with Crippen LogP contribution in [-0.4, -0.2) is 38.0 Å². The first-order valence-corrected chi connectivity index (χ1v) is 7.82. The van der Waals surface area contributed by atoms with E-state index in [4.69, 9.17) is 4.42 Å². The molecule has 1 aromatic heterocycles. The minimum atomic E-state index is -0.528. The van der Waals surface area contributed by atoms with E-state index >= 15 is 0 Å². The first-order valence-electron chi connectivity index (χ1n) is 7.82. The molecule has 0 atom stereocenters. The van der Waals surface area contributed by atoms with Gasteiger partial charge in [-0.25, -0.2) is 0 Å². The summed E-state index contributed by atoms with van der Waals surface area (Å²) in [5, 5.41) is 9.27. The van der Waals surface area contributed by atoms with Crippen LogP contribution in [0.2, 0.25) is 0 Å².